The second-order valence-corrected chi connectivity index (χ2v) is 4.96. The molecule has 1 aromatic rings. The standard InChI is InChI=1S/C12H20N2OS/c1-5-14(4)12(15)10(3)13-9(2)11-7-6-8-16-11/h6-10,13H,5H2,1-4H3. The molecule has 0 aromatic carbocycles. The molecule has 0 spiro atoms. The molecule has 16 heavy (non-hydrogen) atoms. The lowest BCUT2D eigenvalue weighted by Crippen LogP contribution is -2.43. The summed E-state index contributed by atoms with van der Waals surface area (Å²) in [6.45, 7) is 6.73. The SMILES string of the molecule is CCN(C)C(=O)C(C)NC(C)c1cccs1. The highest BCUT2D eigenvalue weighted by Gasteiger charge is 2.18. The van der Waals surface area contributed by atoms with E-state index in [1.807, 2.05) is 27.0 Å². The van der Waals surface area contributed by atoms with Gasteiger partial charge in [-0.3, -0.25) is 10.1 Å². The topological polar surface area (TPSA) is 32.3 Å². The number of nitrogens with one attached hydrogen (secondary N) is 1. The predicted octanol–water partition coefficient (Wildman–Crippen LogP) is 2.27. The van der Waals surface area contributed by atoms with Crippen molar-refractivity contribution in [1.29, 1.82) is 0 Å². The molecule has 0 saturated carbocycles. The lowest BCUT2D eigenvalue weighted by atomic mass is 10.2. The van der Waals surface area contributed by atoms with Crippen LogP contribution in [0.3, 0.4) is 0 Å². The van der Waals surface area contributed by atoms with Gasteiger partial charge in [-0.15, -0.1) is 11.3 Å². The van der Waals surface area contributed by atoms with Gasteiger partial charge >= 0.3 is 0 Å². The molecule has 0 aliphatic heterocycles. The van der Waals surface area contributed by atoms with Gasteiger partial charge in [-0.2, -0.15) is 0 Å². The first-order valence-electron chi connectivity index (χ1n) is 5.60. The Kier molecular flexibility index (Phi) is 4.96. The van der Waals surface area contributed by atoms with Gasteiger partial charge in [0, 0.05) is 24.5 Å². The highest BCUT2D eigenvalue weighted by atomic mass is 32.1. The van der Waals surface area contributed by atoms with Crippen molar-refractivity contribution in [3.8, 4) is 0 Å². The molecule has 1 aromatic heterocycles. The van der Waals surface area contributed by atoms with Crippen LogP contribution in [-0.4, -0.2) is 30.4 Å². The summed E-state index contributed by atoms with van der Waals surface area (Å²) in [5.74, 6) is 0.144. The number of likely N-dealkylation sites (N-methyl/N-ethyl adjacent to an activating group) is 1. The summed E-state index contributed by atoms with van der Waals surface area (Å²) < 4.78 is 0. The van der Waals surface area contributed by atoms with Crippen LogP contribution in [0.25, 0.3) is 0 Å². The van der Waals surface area contributed by atoms with Crippen LogP contribution < -0.4 is 5.32 Å². The Balaban J connectivity index is 2.51. The van der Waals surface area contributed by atoms with Gasteiger partial charge in [-0.25, -0.2) is 0 Å². The molecule has 90 valence electrons. The van der Waals surface area contributed by atoms with E-state index in [4.69, 9.17) is 0 Å². The van der Waals surface area contributed by atoms with Crippen LogP contribution in [0.4, 0.5) is 0 Å². The Morgan fingerprint density at radius 2 is 2.25 bits per heavy atom. The maximum atomic E-state index is 11.8. The molecule has 4 heteroatoms. The van der Waals surface area contributed by atoms with Gasteiger partial charge in [0.05, 0.1) is 6.04 Å². The van der Waals surface area contributed by atoms with Gasteiger partial charge in [0.25, 0.3) is 0 Å². The second kappa shape index (κ2) is 6.01. The summed E-state index contributed by atoms with van der Waals surface area (Å²) >= 11 is 1.71. The fourth-order valence-electron chi connectivity index (χ4n) is 1.55. The molecule has 1 rings (SSSR count). The molecule has 1 amide bonds. The normalized spacial score (nSPS) is 14.5. The molecular weight excluding hydrogens is 220 g/mol. The van der Waals surface area contributed by atoms with Crippen molar-refractivity contribution in [1.82, 2.24) is 10.2 Å². The van der Waals surface area contributed by atoms with Gasteiger partial charge in [-0.05, 0) is 32.2 Å². The quantitative estimate of drug-likeness (QED) is 0.856. The fraction of sp³-hybridized carbons (Fsp3) is 0.583. The molecule has 2 atom stereocenters. The first kappa shape index (κ1) is 13.2. The van der Waals surface area contributed by atoms with E-state index in [1.165, 1.54) is 4.88 Å². The van der Waals surface area contributed by atoms with E-state index < -0.39 is 0 Å². The zero-order chi connectivity index (χ0) is 12.1. The highest BCUT2D eigenvalue weighted by molar-refractivity contribution is 7.10. The molecular formula is C12H20N2OS. The monoisotopic (exact) mass is 240 g/mol. The fourth-order valence-corrected chi connectivity index (χ4v) is 2.30. The summed E-state index contributed by atoms with van der Waals surface area (Å²) in [7, 11) is 1.83. The Labute approximate surface area is 101 Å². The first-order valence-corrected chi connectivity index (χ1v) is 6.48. The summed E-state index contributed by atoms with van der Waals surface area (Å²) in [6.07, 6.45) is 0. The van der Waals surface area contributed by atoms with Crippen molar-refractivity contribution in [2.75, 3.05) is 13.6 Å². The van der Waals surface area contributed by atoms with Gasteiger partial charge in [-0.1, -0.05) is 6.07 Å². The number of amides is 1. The van der Waals surface area contributed by atoms with Gasteiger partial charge in [0.2, 0.25) is 5.91 Å². The number of carbonyl (C=O) groups is 1. The van der Waals surface area contributed by atoms with Crippen LogP contribution >= 0.6 is 11.3 Å². The summed E-state index contributed by atoms with van der Waals surface area (Å²) in [4.78, 5) is 14.8. The summed E-state index contributed by atoms with van der Waals surface area (Å²) in [5.41, 5.74) is 0. The van der Waals surface area contributed by atoms with Crippen LogP contribution in [0.2, 0.25) is 0 Å². The second-order valence-electron chi connectivity index (χ2n) is 3.98. The zero-order valence-corrected chi connectivity index (χ0v) is 11.2. The average molecular weight is 240 g/mol. The van der Waals surface area contributed by atoms with Crippen molar-refractivity contribution >= 4 is 17.2 Å². The molecule has 2 unspecified atom stereocenters. The summed E-state index contributed by atoms with van der Waals surface area (Å²) in [5, 5.41) is 5.37. The van der Waals surface area contributed by atoms with E-state index in [1.54, 1.807) is 16.2 Å². The molecule has 0 bridgehead atoms. The third-order valence-electron chi connectivity index (χ3n) is 2.69. The molecule has 0 saturated heterocycles. The Morgan fingerprint density at radius 3 is 2.75 bits per heavy atom. The number of hydrogen-bond donors (Lipinski definition) is 1. The minimum atomic E-state index is -0.137. The lowest BCUT2D eigenvalue weighted by molar-refractivity contribution is -0.131. The molecule has 0 aliphatic carbocycles. The third kappa shape index (κ3) is 3.32. The predicted molar refractivity (Wildman–Crippen MR) is 68.6 cm³/mol. The van der Waals surface area contributed by atoms with E-state index in [0.29, 0.717) is 0 Å². The minimum Gasteiger partial charge on any atom is -0.345 e. The molecule has 0 aliphatic rings. The molecule has 0 fully saturated rings. The van der Waals surface area contributed by atoms with Crippen LogP contribution in [0.15, 0.2) is 17.5 Å². The smallest absolute Gasteiger partial charge is 0.239 e. The zero-order valence-electron chi connectivity index (χ0n) is 10.4. The number of carbonyl (C=O) groups excluding carboxylic acids is 1. The first-order chi connectivity index (χ1) is 7.56. The van der Waals surface area contributed by atoms with E-state index in [-0.39, 0.29) is 18.0 Å². The van der Waals surface area contributed by atoms with Crippen molar-refractivity contribution in [3.63, 3.8) is 0 Å². The van der Waals surface area contributed by atoms with Gasteiger partial charge in [0.1, 0.15) is 0 Å². The lowest BCUT2D eigenvalue weighted by Gasteiger charge is -2.23. The molecule has 1 N–H and O–H groups in total. The number of rotatable bonds is 5. The van der Waals surface area contributed by atoms with Crippen molar-refractivity contribution in [2.45, 2.75) is 32.9 Å². The van der Waals surface area contributed by atoms with Crippen LogP contribution in [0.5, 0.6) is 0 Å². The van der Waals surface area contributed by atoms with Gasteiger partial charge in [0.15, 0.2) is 0 Å². The average Bonchev–Trinajstić information content (AvgIpc) is 2.80. The maximum absolute atomic E-state index is 11.8. The van der Waals surface area contributed by atoms with E-state index >= 15 is 0 Å². The third-order valence-corrected chi connectivity index (χ3v) is 3.75. The van der Waals surface area contributed by atoms with E-state index in [9.17, 15) is 4.79 Å². The molecule has 1 heterocycles. The summed E-state index contributed by atoms with van der Waals surface area (Å²) in [6, 6.07) is 4.21. The van der Waals surface area contributed by atoms with Crippen molar-refractivity contribution in [2.24, 2.45) is 0 Å². The van der Waals surface area contributed by atoms with Crippen molar-refractivity contribution in [3.05, 3.63) is 22.4 Å². The van der Waals surface area contributed by atoms with Crippen molar-refractivity contribution < 1.29 is 4.79 Å². The Hall–Kier alpha value is -0.870. The highest BCUT2D eigenvalue weighted by Crippen LogP contribution is 2.18. The van der Waals surface area contributed by atoms with E-state index in [0.717, 1.165) is 6.54 Å². The molecule has 0 radical (unpaired) electrons. The van der Waals surface area contributed by atoms with Crippen LogP contribution in [0.1, 0.15) is 31.7 Å². The number of nitrogens with zero attached hydrogens (tertiary/aromatic N) is 1. The number of thiophene rings is 1. The van der Waals surface area contributed by atoms with Crippen LogP contribution in [0, 0.1) is 0 Å². The maximum Gasteiger partial charge on any atom is 0.239 e. The minimum absolute atomic E-state index is 0.137. The van der Waals surface area contributed by atoms with Crippen LogP contribution in [-0.2, 0) is 4.79 Å². The Morgan fingerprint density at radius 1 is 1.56 bits per heavy atom. The number of hydrogen-bond acceptors (Lipinski definition) is 3. The molecule has 3 nitrogen and oxygen atoms in total. The Bertz CT molecular complexity index is 324. The van der Waals surface area contributed by atoms with E-state index in [2.05, 4.69) is 23.7 Å². The van der Waals surface area contributed by atoms with Gasteiger partial charge < -0.3 is 4.90 Å². The largest absolute Gasteiger partial charge is 0.345 e.